The molecule has 4 heteroatoms. The molecule has 0 rings (SSSR count). The average molecular weight is 188 g/mol. The van der Waals surface area contributed by atoms with Crippen LogP contribution in [-0.4, -0.2) is 24.8 Å². The van der Waals surface area contributed by atoms with Gasteiger partial charge in [-0.2, -0.15) is 0 Å². The van der Waals surface area contributed by atoms with E-state index < -0.39 is 0 Å². The van der Waals surface area contributed by atoms with Crippen LogP contribution in [0.15, 0.2) is 0 Å². The first-order valence-electron chi connectivity index (χ1n) is 4.63. The molecule has 0 bridgehead atoms. The van der Waals surface area contributed by atoms with E-state index in [1.165, 1.54) is 6.92 Å². The summed E-state index contributed by atoms with van der Waals surface area (Å²) in [5.41, 5.74) is 5.15. The minimum atomic E-state index is -0.106. The Kier molecular flexibility index (Phi) is 12.5. The second kappa shape index (κ2) is 11.1. The zero-order valence-electron chi connectivity index (χ0n) is 8.72. The summed E-state index contributed by atoms with van der Waals surface area (Å²) in [5, 5.41) is 2.57. The number of hydrogen-bond acceptors (Lipinski definition) is 3. The smallest absolute Gasteiger partial charge is 0.220 e. The largest absolute Gasteiger partial charge is 0.355 e. The Balaban J connectivity index is 0. The number of hydrogen-bond donors (Lipinski definition) is 2. The highest BCUT2D eigenvalue weighted by atomic mass is 16.2. The van der Waals surface area contributed by atoms with E-state index in [9.17, 15) is 9.59 Å². The van der Waals surface area contributed by atoms with E-state index in [-0.39, 0.29) is 18.1 Å². The van der Waals surface area contributed by atoms with Crippen molar-refractivity contribution in [2.24, 2.45) is 5.73 Å². The van der Waals surface area contributed by atoms with Crippen LogP contribution < -0.4 is 11.1 Å². The number of amides is 1. The molecule has 1 amide bonds. The highest BCUT2D eigenvalue weighted by molar-refractivity contribution is 5.83. The van der Waals surface area contributed by atoms with E-state index >= 15 is 0 Å². The quantitative estimate of drug-likeness (QED) is 0.658. The lowest BCUT2D eigenvalue weighted by molar-refractivity contribution is -0.124. The zero-order valence-corrected chi connectivity index (χ0v) is 8.72. The lowest BCUT2D eigenvalue weighted by Gasteiger charge is -2.00. The van der Waals surface area contributed by atoms with Crippen molar-refractivity contribution in [1.82, 2.24) is 5.32 Å². The standard InChI is InChI=1S/C7H14N2O2.C2H6/c1-6(10)2-3-7(11)9-5-4-8;1-2/h2-5,8H2,1H3,(H,9,11);1-2H3. The molecule has 78 valence electrons. The summed E-state index contributed by atoms with van der Waals surface area (Å²) in [5.74, 6) is -0.0708. The Morgan fingerprint density at radius 1 is 1.23 bits per heavy atom. The number of carbonyl (C=O) groups excluding carboxylic acids is 2. The second-order valence-electron chi connectivity index (χ2n) is 2.34. The van der Waals surface area contributed by atoms with Gasteiger partial charge in [0.05, 0.1) is 0 Å². The third-order valence-corrected chi connectivity index (χ3v) is 1.17. The SMILES string of the molecule is CC.CC(=O)CCC(=O)NCCN. The predicted molar refractivity (Wildman–Crippen MR) is 53.3 cm³/mol. The molecule has 0 saturated heterocycles. The van der Waals surface area contributed by atoms with Gasteiger partial charge < -0.3 is 15.8 Å². The van der Waals surface area contributed by atoms with Crippen molar-refractivity contribution in [2.75, 3.05) is 13.1 Å². The van der Waals surface area contributed by atoms with Crippen LogP contribution in [0.25, 0.3) is 0 Å². The summed E-state index contributed by atoms with van der Waals surface area (Å²) < 4.78 is 0. The molecule has 0 spiro atoms. The van der Waals surface area contributed by atoms with Crippen molar-refractivity contribution in [1.29, 1.82) is 0 Å². The first-order chi connectivity index (χ1) is 6.16. The summed E-state index contributed by atoms with van der Waals surface area (Å²) in [6.07, 6.45) is 0.589. The average Bonchev–Trinajstić information content (AvgIpc) is 2.14. The molecule has 0 aliphatic carbocycles. The van der Waals surface area contributed by atoms with Gasteiger partial charge in [-0.3, -0.25) is 4.79 Å². The van der Waals surface area contributed by atoms with Gasteiger partial charge in [0, 0.05) is 25.9 Å². The van der Waals surface area contributed by atoms with Crippen LogP contribution in [0.3, 0.4) is 0 Å². The number of rotatable bonds is 5. The molecule has 0 heterocycles. The number of ketones is 1. The number of nitrogens with two attached hydrogens (primary N) is 1. The van der Waals surface area contributed by atoms with Crippen LogP contribution in [0.2, 0.25) is 0 Å². The predicted octanol–water partition coefficient (Wildman–Crippen LogP) is 0.457. The molecular formula is C9H20N2O2. The van der Waals surface area contributed by atoms with E-state index in [0.29, 0.717) is 19.5 Å². The fraction of sp³-hybridized carbons (Fsp3) is 0.778. The van der Waals surface area contributed by atoms with Crippen LogP contribution in [0.1, 0.15) is 33.6 Å². The molecule has 4 nitrogen and oxygen atoms in total. The highest BCUT2D eigenvalue weighted by Gasteiger charge is 2.00. The summed E-state index contributed by atoms with van der Waals surface area (Å²) in [6.45, 7) is 6.39. The molecular weight excluding hydrogens is 168 g/mol. The van der Waals surface area contributed by atoms with E-state index in [2.05, 4.69) is 5.32 Å². The van der Waals surface area contributed by atoms with Crippen molar-refractivity contribution in [3.05, 3.63) is 0 Å². The summed E-state index contributed by atoms with van der Waals surface area (Å²) in [4.78, 5) is 21.2. The number of Topliss-reactive ketones (excluding diaryl/α,β-unsaturated/α-hetero) is 1. The van der Waals surface area contributed by atoms with Crippen LogP contribution in [0.5, 0.6) is 0 Å². The Morgan fingerprint density at radius 2 is 1.77 bits per heavy atom. The van der Waals surface area contributed by atoms with E-state index in [1.807, 2.05) is 13.8 Å². The van der Waals surface area contributed by atoms with Gasteiger partial charge in [-0.05, 0) is 6.92 Å². The molecule has 0 aromatic heterocycles. The number of nitrogens with one attached hydrogen (secondary N) is 1. The molecule has 0 aliphatic rings. The van der Waals surface area contributed by atoms with Crippen LogP contribution in [0.4, 0.5) is 0 Å². The fourth-order valence-electron chi connectivity index (χ4n) is 0.590. The van der Waals surface area contributed by atoms with Crippen LogP contribution in [0, 0.1) is 0 Å². The van der Waals surface area contributed by atoms with E-state index in [1.54, 1.807) is 0 Å². The van der Waals surface area contributed by atoms with E-state index in [4.69, 9.17) is 5.73 Å². The van der Waals surface area contributed by atoms with Gasteiger partial charge in [0.1, 0.15) is 5.78 Å². The Bertz CT molecular complexity index is 147. The van der Waals surface area contributed by atoms with E-state index in [0.717, 1.165) is 0 Å². The van der Waals surface area contributed by atoms with Crippen molar-refractivity contribution in [2.45, 2.75) is 33.6 Å². The van der Waals surface area contributed by atoms with Gasteiger partial charge in [0.15, 0.2) is 0 Å². The maximum absolute atomic E-state index is 10.8. The third-order valence-electron chi connectivity index (χ3n) is 1.17. The maximum Gasteiger partial charge on any atom is 0.220 e. The highest BCUT2D eigenvalue weighted by Crippen LogP contribution is 1.88. The second-order valence-corrected chi connectivity index (χ2v) is 2.34. The third kappa shape index (κ3) is 14.0. The van der Waals surface area contributed by atoms with Gasteiger partial charge in [-0.1, -0.05) is 13.8 Å². The molecule has 0 saturated carbocycles. The topological polar surface area (TPSA) is 72.2 Å². The summed E-state index contributed by atoms with van der Waals surface area (Å²) in [7, 11) is 0. The van der Waals surface area contributed by atoms with Gasteiger partial charge in [0.25, 0.3) is 0 Å². The van der Waals surface area contributed by atoms with Gasteiger partial charge in [0.2, 0.25) is 5.91 Å². The first kappa shape index (κ1) is 14.6. The van der Waals surface area contributed by atoms with Crippen molar-refractivity contribution in [3.63, 3.8) is 0 Å². The van der Waals surface area contributed by atoms with Gasteiger partial charge in [-0.15, -0.1) is 0 Å². The molecule has 0 radical (unpaired) electrons. The zero-order chi connectivity index (χ0) is 10.7. The van der Waals surface area contributed by atoms with Crippen molar-refractivity contribution in [3.8, 4) is 0 Å². The molecule has 13 heavy (non-hydrogen) atoms. The summed E-state index contributed by atoms with van der Waals surface area (Å²) >= 11 is 0. The van der Waals surface area contributed by atoms with Gasteiger partial charge in [-0.25, -0.2) is 0 Å². The van der Waals surface area contributed by atoms with Crippen LogP contribution in [-0.2, 0) is 9.59 Å². The Morgan fingerprint density at radius 3 is 2.15 bits per heavy atom. The Hall–Kier alpha value is -0.900. The lowest BCUT2D eigenvalue weighted by Crippen LogP contribution is -2.29. The van der Waals surface area contributed by atoms with Gasteiger partial charge >= 0.3 is 0 Å². The van der Waals surface area contributed by atoms with Crippen molar-refractivity contribution >= 4 is 11.7 Å². The van der Waals surface area contributed by atoms with Crippen molar-refractivity contribution < 1.29 is 9.59 Å². The summed E-state index contributed by atoms with van der Waals surface area (Å²) in [6, 6.07) is 0. The molecule has 0 aromatic rings. The minimum Gasteiger partial charge on any atom is -0.355 e. The number of carbonyl (C=O) groups is 2. The molecule has 0 aliphatic heterocycles. The molecule has 0 atom stereocenters. The molecule has 0 aromatic carbocycles. The van der Waals surface area contributed by atoms with Crippen LogP contribution >= 0.6 is 0 Å². The first-order valence-corrected chi connectivity index (χ1v) is 4.63. The molecule has 0 fully saturated rings. The molecule has 3 N–H and O–H groups in total. The normalized spacial score (nSPS) is 8.31. The minimum absolute atomic E-state index is 0.0351. The lowest BCUT2D eigenvalue weighted by atomic mass is 10.2. The monoisotopic (exact) mass is 188 g/mol. The Labute approximate surface area is 79.9 Å². The molecule has 0 unspecified atom stereocenters. The maximum atomic E-state index is 10.8. The fourth-order valence-corrected chi connectivity index (χ4v) is 0.590.